The molecule has 1 aliphatic carbocycles. The predicted octanol–water partition coefficient (Wildman–Crippen LogP) is 5.11. The van der Waals surface area contributed by atoms with Crippen molar-refractivity contribution < 1.29 is 4.79 Å². The Hall–Kier alpha value is -2.47. The Kier molecular flexibility index (Phi) is 6.39. The molecular formula is C23H25BrN4O. The van der Waals surface area contributed by atoms with E-state index in [0.717, 1.165) is 35.9 Å². The second-order valence-corrected chi connectivity index (χ2v) is 8.25. The molecule has 0 atom stereocenters. The number of hydrogen-bond donors (Lipinski definition) is 2. The summed E-state index contributed by atoms with van der Waals surface area (Å²) in [7, 11) is 0. The van der Waals surface area contributed by atoms with Crippen LogP contribution in [0.15, 0.2) is 53.3 Å². The van der Waals surface area contributed by atoms with E-state index in [2.05, 4.69) is 48.7 Å². The van der Waals surface area contributed by atoms with Crippen LogP contribution in [0.25, 0.3) is 10.9 Å². The van der Waals surface area contributed by atoms with Gasteiger partial charge in [0.25, 0.3) is 5.91 Å². The van der Waals surface area contributed by atoms with E-state index in [-0.39, 0.29) is 5.91 Å². The van der Waals surface area contributed by atoms with Crippen LogP contribution < -0.4 is 10.6 Å². The summed E-state index contributed by atoms with van der Waals surface area (Å²) in [6.45, 7) is 0.561. The van der Waals surface area contributed by atoms with Crippen LogP contribution >= 0.6 is 15.9 Å². The molecule has 1 amide bonds. The Morgan fingerprint density at radius 3 is 2.66 bits per heavy atom. The maximum Gasteiger partial charge on any atom is 0.272 e. The molecular weight excluding hydrogens is 428 g/mol. The molecule has 1 aromatic carbocycles. The Bertz CT molecular complexity index is 987. The number of fused-ring (bicyclic) bond motifs is 1. The Morgan fingerprint density at radius 1 is 1.07 bits per heavy atom. The predicted molar refractivity (Wildman–Crippen MR) is 120 cm³/mol. The fraction of sp³-hybridized carbons (Fsp3) is 0.348. The highest BCUT2D eigenvalue weighted by molar-refractivity contribution is 9.10. The van der Waals surface area contributed by atoms with Crippen LogP contribution in [-0.4, -0.2) is 28.5 Å². The van der Waals surface area contributed by atoms with Crippen LogP contribution in [0.2, 0.25) is 0 Å². The molecule has 6 heteroatoms. The van der Waals surface area contributed by atoms with Crippen LogP contribution in [0.4, 0.5) is 5.69 Å². The van der Waals surface area contributed by atoms with Gasteiger partial charge in [0.05, 0.1) is 11.2 Å². The van der Waals surface area contributed by atoms with Crippen LogP contribution in [0.1, 0.15) is 48.2 Å². The van der Waals surface area contributed by atoms with Crippen LogP contribution in [-0.2, 0) is 6.42 Å². The van der Waals surface area contributed by atoms with E-state index >= 15 is 0 Å². The normalized spacial score (nSPS) is 14.7. The molecule has 29 heavy (non-hydrogen) atoms. The molecule has 5 nitrogen and oxygen atoms in total. The summed E-state index contributed by atoms with van der Waals surface area (Å²) in [5.74, 6) is -0.174. The quantitative estimate of drug-likeness (QED) is 0.509. The second kappa shape index (κ2) is 9.35. The van der Waals surface area contributed by atoms with Gasteiger partial charge in [-0.2, -0.15) is 0 Å². The number of benzene rings is 1. The maximum atomic E-state index is 13.0. The fourth-order valence-electron chi connectivity index (χ4n) is 3.90. The number of nitrogens with zero attached hydrogens (tertiary/aromatic N) is 2. The number of aromatic nitrogens is 2. The molecule has 0 unspecified atom stereocenters. The van der Waals surface area contributed by atoms with Gasteiger partial charge in [-0.25, -0.2) is 4.98 Å². The molecule has 3 aromatic rings. The summed E-state index contributed by atoms with van der Waals surface area (Å²) in [4.78, 5) is 22.2. The topological polar surface area (TPSA) is 66.9 Å². The molecule has 2 aromatic heterocycles. The van der Waals surface area contributed by atoms with Crippen molar-refractivity contribution in [2.45, 2.75) is 44.6 Å². The largest absolute Gasteiger partial charge is 0.379 e. The number of rotatable bonds is 6. The summed E-state index contributed by atoms with van der Waals surface area (Å²) < 4.78 is 0.642. The zero-order valence-electron chi connectivity index (χ0n) is 16.3. The number of carbonyl (C=O) groups excluding carboxylic acids is 1. The summed E-state index contributed by atoms with van der Waals surface area (Å²) in [5.41, 5.74) is 3.13. The molecule has 1 aliphatic rings. The van der Waals surface area contributed by atoms with E-state index in [1.165, 1.54) is 24.8 Å². The lowest BCUT2D eigenvalue weighted by molar-refractivity contribution is 0.0950. The number of hydrogen-bond acceptors (Lipinski definition) is 4. The number of amides is 1. The number of pyridine rings is 2. The third-order valence-corrected chi connectivity index (χ3v) is 6.03. The lowest BCUT2D eigenvalue weighted by Crippen LogP contribution is -2.30. The monoisotopic (exact) mass is 452 g/mol. The van der Waals surface area contributed by atoms with E-state index < -0.39 is 0 Å². The first-order valence-electron chi connectivity index (χ1n) is 10.3. The van der Waals surface area contributed by atoms with Crippen molar-refractivity contribution in [3.63, 3.8) is 0 Å². The molecule has 0 radical (unpaired) electrons. The van der Waals surface area contributed by atoms with Crippen molar-refractivity contribution in [1.29, 1.82) is 0 Å². The van der Waals surface area contributed by atoms with Crippen molar-refractivity contribution in [2.75, 3.05) is 11.9 Å². The highest BCUT2D eigenvalue weighted by Gasteiger charge is 2.22. The average Bonchev–Trinajstić information content (AvgIpc) is 2.77. The van der Waals surface area contributed by atoms with Gasteiger partial charge in [0.15, 0.2) is 5.69 Å². The van der Waals surface area contributed by atoms with Gasteiger partial charge in [-0.15, -0.1) is 0 Å². The minimum atomic E-state index is -0.174. The summed E-state index contributed by atoms with van der Waals surface area (Å²) in [5, 5.41) is 7.54. The van der Waals surface area contributed by atoms with Gasteiger partial charge in [0, 0.05) is 24.2 Å². The van der Waals surface area contributed by atoms with E-state index in [4.69, 9.17) is 0 Å². The fourth-order valence-corrected chi connectivity index (χ4v) is 4.40. The van der Waals surface area contributed by atoms with Gasteiger partial charge >= 0.3 is 0 Å². The zero-order valence-corrected chi connectivity index (χ0v) is 17.9. The molecule has 150 valence electrons. The molecule has 0 saturated heterocycles. The summed E-state index contributed by atoms with van der Waals surface area (Å²) in [6.07, 6.45) is 8.47. The summed E-state index contributed by atoms with van der Waals surface area (Å²) >= 11 is 3.52. The summed E-state index contributed by atoms with van der Waals surface area (Å²) in [6, 6.07) is 14.4. The van der Waals surface area contributed by atoms with Gasteiger partial charge in [0.1, 0.15) is 4.60 Å². The van der Waals surface area contributed by atoms with Gasteiger partial charge in [-0.05, 0) is 52.9 Å². The third kappa shape index (κ3) is 4.75. The van der Waals surface area contributed by atoms with Crippen LogP contribution in [0.5, 0.6) is 0 Å². The van der Waals surface area contributed by atoms with Gasteiger partial charge in [-0.3, -0.25) is 9.78 Å². The van der Waals surface area contributed by atoms with E-state index in [1.54, 1.807) is 6.20 Å². The van der Waals surface area contributed by atoms with Crippen molar-refractivity contribution >= 4 is 38.4 Å². The van der Waals surface area contributed by atoms with Gasteiger partial charge in [0.2, 0.25) is 0 Å². The zero-order chi connectivity index (χ0) is 20.1. The average molecular weight is 453 g/mol. The SMILES string of the molecule is O=C(NCCc1ccccc1)c1nc(Br)c2cccnc2c1NC1CCCCC1. The van der Waals surface area contributed by atoms with Gasteiger partial charge in [-0.1, -0.05) is 49.6 Å². The minimum absolute atomic E-state index is 0.174. The first kappa shape index (κ1) is 19.8. The molecule has 2 N–H and O–H groups in total. The lowest BCUT2D eigenvalue weighted by Gasteiger charge is -2.25. The Balaban J connectivity index is 1.59. The number of carbonyl (C=O) groups is 1. The highest BCUT2D eigenvalue weighted by Crippen LogP contribution is 2.32. The molecule has 0 spiro atoms. The molecule has 2 heterocycles. The van der Waals surface area contributed by atoms with E-state index in [1.807, 2.05) is 30.3 Å². The smallest absolute Gasteiger partial charge is 0.272 e. The molecule has 1 fully saturated rings. The lowest BCUT2D eigenvalue weighted by atomic mass is 9.95. The highest BCUT2D eigenvalue weighted by atomic mass is 79.9. The standard InChI is InChI=1S/C23H25BrN4O/c24-22-18-12-7-14-25-19(18)20(27-17-10-5-2-6-11-17)21(28-22)23(29)26-15-13-16-8-3-1-4-9-16/h1,3-4,7-9,12,14,17,27H,2,5-6,10-11,13,15H2,(H,26,29). The molecule has 4 rings (SSSR count). The van der Waals surface area contributed by atoms with E-state index in [0.29, 0.717) is 22.9 Å². The van der Waals surface area contributed by atoms with Crippen molar-refractivity contribution in [3.8, 4) is 0 Å². The van der Waals surface area contributed by atoms with Gasteiger partial charge < -0.3 is 10.6 Å². The van der Waals surface area contributed by atoms with E-state index in [9.17, 15) is 4.79 Å². The van der Waals surface area contributed by atoms with Crippen molar-refractivity contribution in [3.05, 3.63) is 64.5 Å². The Morgan fingerprint density at radius 2 is 1.86 bits per heavy atom. The number of nitrogens with one attached hydrogen (secondary N) is 2. The minimum Gasteiger partial charge on any atom is -0.379 e. The number of halogens is 1. The van der Waals surface area contributed by atoms with Crippen molar-refractivity contribution in [2.24, 2.45) is 0 Å². The maximum absolute atomic E-state index is 13.0. The first-order valence-corrected chi connectivity index (χ1v) is 11.0. The van der Waals surface area contributed by atoms with Crippen LogP contribution in [0.3, 0.4) is 0 Å². The van der Waals surface area contributed by atoms with Crippen LogP contribution in [0, 0.1) is 0 Å². The molecule has 0 bridgehead atoms. The Labute approximate surface area is 179 Å². The van der Waals surface area contributed by atoms with Crippen molar-refractivity contribution in [1.82, 2.24) is 15.3 Å². The first-order chi connectivity index (χ1) is 14.2. The molecule has 0 aliphatic heterocycles. The second-order valence-electron chi connectivity index (χ2n) is 7.50. The molecule has 1 saturated carbocycles. The number of anilines is 1. The third-order valence-electron chi connectivity index (χ3n) is 5.42.